The van der Waals surface area contributed by atoms with Gasteiger partial charge in [-0.15, -0.1) is 16.4 Å². The molecule has 1 aliphatic heterocycles. The van der Waals surface area contributed by atoms with Gasteiger partial charge in [-0.05, 0) is 38.5 Å². The fourth-order valence-electron chi connectivity index (χ4n) is 3.26. The fraction of sp³-hybridized carbons (Fsp3) is 0.300. The Labute approximate surface area is 171 Å². The molecule has 3 aromatic heterocycles. The van der Waals surface area contributed by atoms with Crippen molar-refractivity contribution >= 4 is 17.3 Å². The number of hydrogen-bond donors (Lipinski definition) is 3. The molecule has 9 heteroatoms. The number of nitrogens with zero attached hydrogens (tertiary/aromatic N) is 4. The standard InChI is InChI=1S/C20H21N7OS/c1-20(2,3)25-19-24-17(26-27-19)18-23-16-13-5-4-11(12-9-21-22-10-12)8-14(13)28-7-6-15(16)29-18/h4-5,8-10H,6-7H2,1-3H3,(H,21,22)(H2,24,25,26,27). The summed E-state index contributed by atoms with van der Waals surface area (Å²) < 4.78 is 6.02. The maximum Gasteiger partial charge on any atom is 0.242 e. The maximum absolute atomic E-state index is 6.02. The first-order chi connectivity index (χ1) is 14.0. The number of rotatable bonds is 3. The molecular weight excluding hydrogens is 386 g/mol. The van der Waals surface area contributed by atoms with Gasteiger partial charge >= 0.3 is 0 Å². The summed E-state index contributed by atoms with van der Waals surface area (Å²) in [6.07, 6.45) is 4.49. The number of hydrogen-bond acceptors (Lipinski definition) is 7. The van der Waals surface area contributed by atoms with Gasteiger partial charge in [-0.3, -0.25) is 10.2 Å². The summed E-state index contributed by atoms with van der Waals surface area (Å²) in [5, 5.41) is 18.3. The van der Waals surface area contributed by atoms with Gasteiger partial charge in [-0.2, -0.15) is 10.1 Å². The summed E-state index contributed by atoms with van der Waals surface area (Å²) in [5.74, 6) is 2.09. The van der Waals surface area contributed by atoms with E-state index in [-0.39, 0.29) is 5.54 Å². The van der Waals surface area contributed by atoms with Gasteiger partial charge in [0.1, 0.15) is 5.75 Å². The molecule has 0 saturated heterocycles. The first-order valence-corrected chi connectivity index (χ1v) is 10.2. The molecule has 3 N–H and O–H groups in total. The second kappa shape index (κ2) is 6.70. The molecule has 0 bridgehead atoms. The van der Waals surface area contributed by atoms with E-state index in [0.29, 0.717) is 18.4 Å². The third kappa shape index (κ3) is 3.49. The van der Waals surface area contributed by atoms with E-state index < -0.39 is 0 Å². The molecule has 4 aromatic rings. The molecule has 5 rings (SSSR count). The quantitative estimate of drug-likeness (QED) is 0.472. The number of anilines is 1. The summed E-state index contributed by atoms with van der Waals surface area (Å²) in [7, 11) is 0. The van der Waals surface area contributed by atoms with Gasteiger partial charge in [0.05, 0.1) is 18.5 Å². The van der Waals surface area contributed by atoms with Crippen molar-refractivity contribution in [2.45, 2.75) is 32.7 Å². The molecule has 0 atom stereocenters. The highest BCUT2D eigenvalue weighted by atomic mass is 32.1. The molecule has 1 aromatic carbocycles. The number of aromatic nitrogens is 6. The molecule has 0 aliphatic carbocycles. The zero-order chi connectivity index (χ0) is 20.0. The molecule has 0 fully saturated rings. The molecular formula is C20H21N7OS. The van der Waals surface area contributed by atoms with Crippen LogP contribution in [0.15, 0.2) is 30.6 Å². The number of H-pyrrole nitrogens is 2. The lowest BCUT2D eigenvalue weighted by Gasteiger charge is -2.18. The minimum Gasteiger partial charge on any atom is -0.492 e. The fourth-order valence-corrected chi connectivity index (χ4v) is 4.26. The Kier molecular flexibility index (Phi) is 4.13. The molecule has 1 aliphatic rings. The topological polar surface area (TPSA) is 104 Å². The Hall–Kier alpha value is -3.20. The van der Waals surface area contributed by atoms with Crippen LogP contribution in [0.3, 0.4) is 0 Å². The monoisotopic (exact) mass is 407 g/mol. The highest BCUT2D eigenvalue weighted by molar-refractivity contribution is 7.15. The van der Waals surface area contributed by atoms with Gasteiger partial charge < -0.3 is 10.1 Å². The van der Waals surface area contributed by atoms with Crippen molar-refractivity contribution in [3.05, 3.63) is 35.5 Å². The summed E-state index contributed by atoms with van der Waals surface area (Å²) in [4.78, 5) is 10.6. The van der Waals surface area contributed by atoms with E-state index in [0.717, 1.165) is 39.6 Å². The Balaban J connectivity index is 1.51. The van der Waals surface area contributed by atoms with Crippen molar-refractivity contribution in [3.63, 3.8) is 0 Å². The van der Waals surface area contributed by atoms with Crippen LogP contribution in [-0.2, 0) is 6.42 Å². The third-order valence-corrected chi connectivity index (χ3v) is 5.65. The zero-order valence-corrected chi connectivity index (χ0v) is 17.2. The van der Waals surface area contributed by atoms with Crippen molar-refractivity contribution in [2.75, 3.05) is 11.9 Å². The van der Waals surface area contributed by atoms with E-state index >= 15 is 0 Å². The first kappa shape index (κ1) is 17.9. The Morgan fingerprint density at radius 2 is 2.07 bits per heavy atom. The second-order valence-corrected chi connectivity index (χ2v) is 9.05. The van der Waals surface area contributed by atoms with Crippen molar-refractivity contribution in [1.29, 1.82) is 0 Å². The Morgan fingerprint density at radius 3 is 2.86 bits per heavy atom. The summed E-state index contributed by atoms with van der Waals surface area (Å²) in [6.45, 7) is 6.83. The van der Waals surface area contributed by atoms with Gasteiger partial charge in [0.15, 0.2) is 10.8 Å². The van der Waals surface area contributed by atoms with Crippen LogP contribution >= 0.6 is 11.3 Å². The van der Waals surface area contributed by atoms with Crippen molar-refractivity contribution in [2.24, 2.45) is 0 Å². The number of fused-ring (bicyclic) bond motifs is 3. The normalized spacial score (nSPS) is 13.3. The van der Waals surface area contributed by atoms with Crippen LogP contribution in [0.2, 0.25) is 0 Å². The number of ether oxygens (including phenoxy) is 1. The van der Waals surface area contributed by atoms with Crippen LogP contribution in [0, 0.1) is 0 Å². The maximum atomic E-state index is 6.02. The highest BCUT2D eigenvalue weighted by Gasteiger charge is 2.23. The van der Waals surface area contributed by atoms with Crippen LogP contribution in [0.5, 0.6) is 5.75 Å². The Bertz CT molecular complexity index is 1150. The summed E-state index contributed by atoms with van der Waals surface area (Å²) in [5.41, 5.74) is 3.94. The van der Waals surface area contributed by atoms with E-state index in [9.17, 15) is 0 Å². The SMILES string of the molecule is CC(C)(C)Nc1n[nH]c(-c2nc3c(s2)CCOc2cc(-c4cn[nH]c4)ccc2-3)n1. The molecule has 29 heavy (non-hydrogen) atoms. The van der Waals surface area contributed by atoms with E-state index in [1.54, 1.807) is 17.5 Å². The number of benzene rings is 1. The number of nitrogens with one attached hydrogen (secondary N) is 3. The second-order valence-electron chi connectivity index (χ2n) is 7.97. The van der Waals surface area contributed by atoms with Gasteiger partial charge in [-0.1, -0.05) is 6.07 Å². The van der Waals surface area contributed by atoms with E-state index in [1.165, 1.54) is 4.88 Å². The molecule has 0 spiro atoms. The Morgan fingerprint density at radius 1 is 1.17 bits per heavy atom. The molecule has 0 unspecified atom stereocenters. The lowest BCUT2D eigenvalue weighted by molar-refractivity contribution is 0.327. The minimum absolute atomic E-state index is 0.109. The smallest absolute Gasteiger partial charge is 0.242 e. The predicted molar refractivity (Wildman–Crippen MR) is 113 cm³/mol. The van der Waals surface area contributed by atoms with Gasteiger partial charge in [0.25, 0.3) is 0 Å². The number of aromatic amines is 2. The van der Waals surface area contributed by atoms with E-state index in [2.05, 4.69) is 63.6 Å². The zero-order valence-electron chi connectivity index (χ0n) is 16.4. The van der Waals surface area contributed by atoms with Crippen molar-refractivity contribution < 1.29 is 4.74 Å². The lowest BCUT2D eigenvalue weighted by atomic mass is 10.0. The summed E-state index contributed by atoms with van der Waals surface area (Å²) in [6, 6.07) is 6.19. The molecule has 148 valence electrons. The third-order valence-electron chi connectivity index (χ3n) is 4.53. The van der Waals surface area contributed by atoms with Crippen LogP contribution in [0.25, 0.3) is 33.2 Å². The average Bonchev–Trinajstić information content (AvgIpc) is 3.40. The van der Waals surface area contributed by atoms with E-state index in [1.807, 2.05) is 12.3 Å². The van der Waals surface area contributed by atoms with Crippen molar-refractivity contribution in [3.8, 4) is 39.0 Å². The van der Waals surface area contributed by atoms with Gasteiger partial charge in [0.2, 0.25) is 5.95 Å². The number of thiazole rings is 1. The highest BCUT2D eigenvalue weighted by Crippen LogP contribution is 2.41. The predicted octanol–water partition coefficient (Wildman–Crippen LogP) is 4.13. The molecule has 0 amide bonds. The molecule has 0 radical (unpaired) electrons. The van der Waals surface area contributed by atoms with E-state index in [4.69, 9.17) is 9.72 Å². The minimum atomic E-state index is -0.109. The lowest BCUT2D eigenvalue weighted by Crippen LogP contribution is -2.26. The van der Waals surface area contributed by atoms with Crippen LogP contribution < -0.4 is 10.1 Å². The van der Waals surface area contributed by atoms with Gasteiger partial charge in [-0.25, -0.2) is 4.98 Å². The molecule has 4 heterocycles. The van der Waals surface area contributed by atoms with Crippen LogP contribution in [0.4, 0.5) is 5.95 Å². The summed E-state index contributed by atoms with van der Waals surface area (Å²) >= 11 is 1.63. The van der Waals surface area contributed by atoms with Crippen LogP contribution in [0.1, 0.15) is 25.6 Å². The van der Waals surface area contributed by atoms with Gasteiger partial charge in [0, 0.05) is 34.2 Å². The van der Waals surface area contributed by atoms with Crippen LogP contribution in [-0.4, -0.2) is 42.5 Å². The molecule has 8 nitrogen and oxygen atoms in total. The van der Waals surface area contributed by atoms with Crippen molar-refractivity contribution in [1.82, 2.24) is 30.4 Å². The average molecular weight is 408 g/mol. The largest absolute Gasteiger partial charge is 0.492 e. The molecule has 0 saturated carbocycles. The first-order valence-electron chi connectivity index (χ1n) is 9.43.